The van der Waals surface area contributed by atoms with E-state index in [-0.39, 0.29) is 31.1 Å². The third kappa shape index (κ3) is 47.7. The maximum atomic E-state index is 12.8. The van der Waals surface area contributed by atoms with E-state index in [9.17, 15) is 14.4 Å². The molecule has 0 aromatic carbocycles. The van der Waals surface area contributed by atoms with Gasteiger partial charge in [0, 0.05) is 19.3 Å². The van der Waals surface area contributed by atoms with Crippen molar-refractivity contribution in [3.63, 3.8) is 0 Å². The molecule has 0 aliphatic heterocycles. The zero-order valence-corrected chi connectivity index (χ0v) is 41.6. The molecule has 6 heteroatoms. The quantitative estimate of drug-likeness (QED) is 0.0344. The van der Waals surface area contributed by atoms with Crippen LogP contribution in [-0.4, -0.2) is 37.2 Å². The van der Waals surface area contributed by atoms with Gasteiger partial charge in [-0.15, -0.1) is 0 Å². The van der Waals surface area contributed by atoms with Crippen LogP contribution in [0.4, 0.5) is 0 Å². The number of hydrogen-bond acceptors (Lipinski definition) is 6. The minimum absolute atomic E-state index is 0.0626. The van der Waals surface area contributed by atoms with Crippen LogP contribution in [0.3, 0.4) is 0 Å². The molecule has 0 amide bonds. The second-order valence-electron chi connectivity index (χ2n) is 19.1. The topological polar surface area (TPSA) is 78.9 Å². The fourth-order valence-corrected chi connectivity index (χ4v) is 8.36. The third-order valence-electron chi connectivity index (χ3n) is 12.9. The Bertz CT molecular complexity index is 920. The standard InChI is InChI=1S/C55H106O6/c1-5-8-10-12-14-16-18-19-20-21-22-23-24-26-32-36-40-44-48-55(58)61-52(49-59-53(56)46-42-38-34-30-25-17-15-13-11-9-6-2)50-60-54(57)47-43-39-35-31-28-27-29-33-37-41-45-51(4)7-3/h51-52H,5-50H2,1-4H3/t51?,52-/m1/s1. The minimum atomic E-state index is -0.761. The molecule has 61 heavy (non-hydrogen) atoms. The van der Waals surface area contributed by atoms with Crippen LogP contribution >= 0.6 is 0 Å². The highest BCUT2D eigenvalue weighted by Crippen LogP contribution is 2.18. The van der Waals surface area contributed by atoms with Crippen LogP contribution in [0.2, 0.25) is 0 Å². The summed E-state index contributed by atoms with van der Waals surface area (Å²) in [5.74, 6) is 0.0283. The molecule has 1 unspecified atom stereocenters. The third-order valence-corrected chi connectivity index (χ3v) is 12.9. The van der Waals surface area contributed by atoms with Crippen LogP contribution < -0.4 is 0 Å². The Kier molecular flexibility index (Phi) is 48.1. The lowest BCUT2D eigenvalue weighted by atomic mass is 9.99. The molecule has 0 aliphatic carbocycles. The summed E-state index contributed by atoms with van der Waals surface area (Å²) in [6, 6.07) is 0. The minimum Gasteiger partial charge on any atom is -0.462 e. The van der Waals surface area contributed by atoms with E-state index in [1.807, 2.05) is 0 Å². The van der Waals surface area contributed by atoms with Gasteiger partial charge in [0.15, 0.2) is 6.10 Å². The molecule has 0 saturated heterocycles. The van der Waals surface area contributed by atoms with Gasteiger partial charge in [0.05, 0.1) is 0 Å². The molecule has 0 heterocycles. The molecule has 0 saturated carbocycles. The first-order valence-electron chi connectivity index (χ1n) is 27.4. The van der Waals surface area contributed by atoms with E-state index in [1.165, 1.54) is 205 Å². The molecule has 0 N–H and O–H groups in total. The highest BCUT2D eigenvalue weighted by atomic mass is 16.6. The average Bonchev–Trinajstić information content (AvgIpc) is 3.26. The van der Waals surface area contributed by atoms with Crippen molar-refractivity contribution in [2.24, 2.45) is 5.92 Å². The number of rotatable bonds is 50. The highest BCUT2D eigenvalue weighted by molar-refractivity contribution is 5.71. The van der Waals surface area contributed by atoms with E-state index in [1.54, 1.807) is 0 Å². The van der Waals surface area contributed by atoms with Gasteiger partial charge in [-0.3, -0.25) is 14.4 Å². The van der Waals surface area contributed by atoms with Crippen molar-refractivity contribution in [3.05, 3.63) is 0 Å². The number of ether oxygens (including phenoxy) is 3. The van der Waals surface area contributed by atoms with Gasteiger partial charge >= 0.3 is 17.9 Å². The molecule has 0 spiro atoms. The van der Waals surface area contributed by atoms with Gasteiger partial charge in [0.2, 0.25) is 0 Å². The molecule has 2 atom stereocenters. The summed E-state index contributed by atoms with van der Waals surface area (Å²) in [6.45, 7) is 9.06. The van der Waals surface area contributed by atoms with Crippen LogP contribution in [0.15, 0.2) is 0 Å². The Morgan fingerprint density at radius 1 is 0.328 bits per heavy atom. The predicted molar refractivity (Wildman–Crippen MR) is 261 cm³/mol. The summed E-state index contributed by atoms with van der Waals surface area (Å²) in [6.07, 6.45) is 52.2. The maximum Gasteiger partial charge on any atom is 0.306 e. The normalized spacial score (nSPS) is 12.4. The molecular weight excluding hydrogens is 757 g/mol. The van der Waals surface area contributed by atoms with E-state index in [0.29, 0.717) is 19.3 Å². The number of carbonyl (C=O) groups is 3. The Balaban J connectivity index is 4.28. The van der Waals surface area contributed by atoms with Crippen LogP contribution in [0, 0.1) is 5.92 Å². The number of unbranched alkanes of at least 4 members (excludes halogenated alkanes) is 36. The first-order chi connectivity index (χ1) is 29.9. The van der Waals surface area contributed by atoms with Crippen LogP contribution in [0.25, 0.3) is 0 Å². The summed E-state index contributed by atoms with van der Waals surface area (Å²) < 4.78 is 16.8. The van der Waals surface area contributed by atoms with Gasteiger partial charge < -0.3 is 14.2 Å². The van der Waals surface area contributed by atoms with E-state index in [4.69, 9.17) is 14.2 Å². The number of carbonyl (C=O) groups excluding carboxylic acids is 3. The number of esters is 3. The summed E-state index contributed by atoms with van der Waals surface area (Å²) >= 11 is 0. The molecule has 362 valence electrons. The molecular formula is C55H106O6. The molecule has 6 nitrogen and oxygen atoms in total. The van der Waals surface area contributed by atoms with Crippen molar-refractivity contribution in [2.75, 3.05) is 13.2 Å². The van der Waals surface area contributed by atoms with Gasteiger partial charge in [0.25, 0.3) is 0 Å². The fourth-order valence-electron chi connectivity index (χ4n) is 8.36. The van der Waals surface area contributed by atoms with E-state index < -0.39 is 6.10 Å². The van der Waals surface area contributed by atoms with Crippen molar-refractivity contribution in [2.45, 2.75) is 316 Å². The Labute approximate surface area is 380 Å². The van der Waals surface area contributed by atoms with Crippen molar-refractivity contribution >= 4 is 17.9 Å². The van der Waals surface area contributed by atoms with E-state index >= 15 is 0 Å². The Morgan fingerprint density at radius 2 is 0.574 bits per heavy atom. The SMILES string of the molecule is CCCCCCCCCCCCCCCCCCCCC(=O)O[C@H](COC(=O)CCCCCCCCCCCCC)COC(=O)CCCCCCCCCCCCC(C)CC. The largest absolute Gasteiger partial charge is 0.462 e. The monoisotopic (exact) mass is 863 g/mol. The van der Waals surface area contributed by atoms with Gasteiger partial charge in [0.1, 0.15) is 13.2 Å². The molecule has 0 radical (unpaired) electrons. The average molecular weight is 863 g/mol. The summed E-state index contributed by atoms with van der Waals surface area (Å²) in [4.78, 5) is 38.0. The summed E-state index contributed by atoms with van der Waals surface area (Å²) in [5.41, 5.74) is 0. The molecule has 0 aromatic heterocycles. The summed E-state index contributed by atoms with van der Waals surface area (Å²) in [5, 5.41) is 0. The van der Waals surface area contributed by atoms with Crippen molar-refractivity contribution in [1.29, 1.82) is 0 Å². The lowest BCUT2D eigenvalue weighted by Crippen LogP contribution is -2.30. The van der Waals surface area contributed by atoms with Gasteiger partial charge in [-0.05, 0) is 25.2 Å². The highest BCUT2D eigenvalue weighted by Gasteiger charge is 2.19. The molecule has 0 rings (SSSR count). The van der Waals surface area contributed by atoms with Crippen LogP contribution in [0.5, 0.6) is 0 Å². The molecule has 0 bridgehead atoms. The zero-order chi connectivity index (χ0) is 44.5. The van der Waals surface area contributed by atoms with Crippen LogP contribution in [0.1, 0.15) is 310 Å². The predicted octanol–water partition coefficient (Wildman–Crippen LogP) is 17.8. The van der Waals surface area contributed by atoms with Crippen molar-refractivity contribution in [1.82, 2.24) is 0 Å². The smallest absolute Gasteiger partial charge is 0.306 e. The second kappa shape index (κ2) is 49.4. The molecule has 0 aliphatic rings. The number of hydrogen-bond donors (Lipinski definition) is 0. The Morgan fingerprint density at radius 3 is 0.852 bits per heavy atom. The van der Waals surface area contributed by atoms with Gasteiger partial charge in [-0.25, -0.2) is 0 Å². The fraction of sp³-hybridized carbons (Fsp3) is 0.945. The van der Waals surface area contributed by atoms with Crippen molar-refractivity contribution < 1.29 is 28.6 Å². The Hall–Kier alpha value is -1.59. The second-order valence-corrected chi connectivity index (χ2v) is 19.1. The summed E-state index contributed by atoms with van der Waals surface area (Å²) in [7, 11) is 0. The van der Waals surface area contributed by atoms with Crippen LogP contribution in [-0.2, 0) is 28.6 Å². The molecule has 0 fully saturated rings. The first-order valence-corrected chi connectivity index (χ1v) is 27.4. The lowest BCUT2D eigenvalue weighted by molar-refractivity contribution is -0.167. The molecule has 0 aromatic rings. The van der Waals surface area contributed by atoms with E-state index in [0.717, 1.165) is 63.7 Å². The van der Waals surface area contributed by atoms with E-state index in [2.05, 4.69) is 27.7 Å². The first kappa shape index (κ1) is 59.4. The maximum absolute atomic E-state index is 12.8. The zero-order valence-electron chi connectivity index (χ0n) is 41.6. The van der Waals surface area contributed by atoms with Gasteiger partial charge in [-0.2, -0.15) is 0 Å². The van der Waals surface area contributed by atoms with Crippen molar-refractivity contribution in [3.8, 4) is 0 Å². The van der Waals surface area contributed by atoms with Gasteiger partial charge in [-0.1, -0.05) is 272 Å². The lowest BCUT2D eigenvalue weighted by Gasteiger charge is -2.18.